The van der Waals surface area contributed by atoms with Gasteiger partial charge in [-0.15, -0.1) is 0 Å². The summed E-state index contributed by atoms with van der Waals surface area (Å²) in [5, 5.41) is 0. The Morgan fingerprint density at radius 2 is 1.70 bits per heavy atom. The molecule has 7 nitrogen and oxygen atoms in total. The van der Waals surface area contributed by atoms with Crippen molar-refractivity contribution in [1.29, 1.82) is 0 Å². The summed E-state index contributed by atoms with van der Waals surface area (Å²) in [5.41, 5.74) is 0.280. The van der Waals surface area contributed by atoms with Crippen LogP contribution in [0, 0.1) is 11.8 Å². The van der Waals surface area contributed by atoms with Gasteiger partial charge in [-0.25, -0.2) is 4.98 Å². The summed E-state index contributed by atoms with van der Waals surface area (Å²) >= 11 is 0. The SMILES string of the molecule is O=C(c1cnccn1)N1CC(N2C(=O)[C@@H]3CC=CC[C@H]3C2=O)C1. The third-order valence-corrected chi connectivity index (χ3v) is 4.84. The predicted octanol–water partition coefficient (Wildman–Crippen LogP) is 0.252. The molecule has 2 fully saturated rings. The molecule has 2 saturated heterocycles. The van der Waals surface area contributed by atoms with Crippen LogP contribution in [0.15, 0.2) is 30.7 Å². The first-order valence-corrected chi connectivity index (χ1v) is 7.74. The van der Waals surface area contributed by atoms with Crippen LogP contribution >= 0.6 is 0 Å². The maximum atomic E-state index is 12.5. The molecule has 1 aliphatic carbocycles. The number of carbonyl (C=O) groups is 3. The molecule has 0 aromatic carbocycles. The van der Waals surface area contributed by atoms with Crippen molar-refractivity contribution in [1.82, 2.24) is 19.8 Å². The van der Waals surface area contributed by atoms with E-state index in [1.807, 2.05) is 12.2 Å². The van der Waals surface area contributed by atoms with Crippen molar-refractivity contribution in [2.45, 2.75) is 18.9 Å². The van der Waals surface area contributed by atoms with Gasteiger partial charge in [0.2, 0.25) is 11.8 Å². The van der Waals surface area contributed by atoms with E-state index < -0.39 is 0 Å². The molecule has 2 aliphatic heterocycles. The molecule has 0 unspecified atom stereocenters. The van der Waals surface area contributed by atoms with Crippen molar-refractivity contribution in [2.75, 3.05) is 13.1 Å². The Kier molecular flexibility index (Phi) is 3.21. The van der Waals surface area contributed by atoms with E-state index in [9.17, 15) is 14.4 Å². The average Bonchev–Trinajstić information content (AvgIpc) is 2.80. The van der Waals surface area contributed by atoms with E-state index in [1.54, 1.807) is 4.90 Å². The van der Waals surface area contributed by atoms with Gasteiger partial charge in [0.25, 0.3) is 5.91 Å². The van der Waals surface area contributed by atoms with E-state index in [0.717, 1.165) is 0 Å². The lowest BCUT2D eigenvalue weighted by molar-refractivity contribution is -0.145. The fourth-order valence-electron chi connectivity index (χ4n) is 3.54. The second kappa shape index (κ2) is 5.26. The number of likely N-dealkylation sites (tertiary alicyclic amines) is 2. The molecular weight excluding hydrogens is 296 g/mol. The molecule has 2 atom stereocenters. The molecule has 4 rings (SSSR count). The van der Waals surface area contributed by atoms with Crippen LogP contribution in [0.1, 0.15) is 23.3 Å². The van der Waals surface area contributed by atoms with Crippen molar-refractivity contribution in [3.05, 3.63) is 36.4 Å². The summed E-state index contributed by atoms with van der Waals surface area (Å²) in [7, 11) is 0. The summed E-state index contributed by atoms with van der Waals surface area (Å²) in [6.07, 6.45) is 9.62. The van der Waals surface area contributed by atoms with Gasteiger partial charge in [-0.1, -0.05) is 12.2 Å². The zero-order valence-corrected chi connectivity index (χ0v) is 12.5. The highest BCUT2D eigenvalue weighted by molar-refractivity contribution is 6.06. The summed E-state index contributed by atoms with van der Waals surface area (Å²) in [4.78, 5) is 48.0. The van der Waals surface area contributed by atoms with E-state index in [1.165, 1.54) is 23.5 Å². The van der Waals surface area contributed by atoms with E-state index in [2.05, 4.69) is 9.97 Å². The lowest BCUT2D eigenvalue weighted by Gasteiger charge is -2.42. The molecule has 0 saturated carbocycles. The lowest BCUT2D eigenvalue weighted by atomic mass is 9.85. The minimum atomic E-state index is -0.215. The predicted molar refractivity (Wildman–Crippen MR) is 78.9 cm³/mol. The first kappa shape index (κ1) is 14.0. The number of hydrogen-bond donors (Lipinski definition) is 0. The largest absolute Gasteiger partial charge is 0.333 e. The van der Waals surface area contributed by atoms with Gasteiger partial charge in [0, 0.05) is 25.5 Å². The van der Waals surface area contributed by atoms with Gasteiger partial charge >= 0.3 is 0 Å². The van der Waals surface area contributed by atoms with E-state index in [0.29, 0.717) is 25.9 Å². The van der Waals surface area contributed by atoms with Crippen LogP contribution in [0.3, 0.4) is 0 Å². The molecule has 7 heteroatoms. The molecule has 0 spiro atoms. The van der Waals surface area contributed by atoms with Crippen molar-refractivity contribution in [3.63, 3.8) is 0 Å². The second-order valence-corrected chi connectivity index (χ2v) is 6.16. The Bertz CT molecular complexity index is 671. The third-order valence-electron chi connectivity index (χ3n) is 4.84. The molecule has 118 valence electrons. The van der Waals surface area contributed by atoms with E-state index in [4.69, 9.17) is 0 Å². The molecule has 0 bridgehead atoms. The zero-order valence-electron chi connectivity index (χ0n) is 12.5. The Hall–Kier alpha value is -2.57. The first-order chi connectivity index (χ1) is 11.2. The Balaban J connectivity index is 1.43. The molecule has 0 radical (unpaired) electrons. The lowest BCUT2D eigenvalue weighted by Crippen LogP contribution is -2.62. The first-order valence-electron chi connectivity index (χ1n) is 7.74. The maximum absolute atomic E-state index is 12.5. The van der Waals surface area contributed by atoms with Crippen molar-refractivity contribution in [2.24, 2.45) is 11.8 Å². The Morgan fingerprint density at radius 1 is 1.04 bits per heavy atom. The molecule has 3 heterocycles. The van der Waals surface area contributed by atoms with Crippen molar-refractivity contribution >= 4 is 17.7 Å². The number of rotatable bonds is 2. The van der Waals surface area contributed by atoms with Crippen LogP contribution < -0.4 is 0 Å². The number of allylic oxidation sites excluding steroid dienone is 2. The summed E-state index contributed by atoms with van der Waals surface area (Å²) in [6.45, 7) is 0.750. The molecule has 3 aliphatic rings. The molecule has 1 aromatic heterocycles. The normalized spacial score (nSPS) is 27.1. The van der Waals surface area contributed by atoms with Crippen LogP contribution in [0.5, 0.6) is 0 Å². The smallest absolute Gasteiger partial charge is 0.274 e. The molecule has 23 heavy (non-hydrogen) atoms. The monoisotopic (exact) mass is 312 g/mol. The number of aromatic nitrogens is 2. The van der Waals surface area contributed by atoms with Gasteiger partial charge in [0.1, 0.15) is 5.69 Å². The van der Waals surface area contributed by atoms with Crippen molar-refractivity contribution in [3.8, 4) is 0 Å². The number of fused-ring (bicyclic) bond motifs is 1. The van der Waals surface area contributed by atoms with Crippen LogP contribution in [0.25, 0.3) is 0 Å². The summed E-state index contributed by atoms with van der Waals surface area (Å²) < 4.78 is 0. The highest BCUT2D eigenvalue weighted by atomic mass is 16.2. The maximum Gasteiger partial charge on any atom is 0.274 e. The van der Waals surface area contributed by atoms with Crippen LogP contribution in [-0.4, -0.2) is 56.6 Å². The van der Waals surface area contributed by atoms with Gasteiger partial charge in [-0.2, -0.15) is 0 Å². The topological polar surface area (TPSA) is 83.5 Å². The summed E-state index contributed by atoms with van der Waals surface area (Å²) in [5.74, 6) is -0.802. The number of hydrogen-bond acceptors (Lipinski definition) is 5. The van der Waals surface area contributed by atoms with Crippen LogP contribution in [0.4, 0.5) is 0 Å². The highest BCUT2D eigenvalue weighted by Gasteiger charge is 2.52. The van der Waals surface area contributed by atoms with Gasteiger partial charge < -0.3 is 4.90 Å². The number of amides is 3. The van der Waals surface area contributed by atoms with Crippen molar-refractivity contribution < 1.29 is 14.4 Å². The minimum absolute atomic E-state index is 0.0825. The number of carbonyl (C=O) groups excluding carboxylic acids is 3. The molecular formula is C16H16N4O3. The fraction of sp³-hybridized carbons (Fsp3) is 0.438. The number of imide groups is 1. The van der Waals surface area contributed by atoms with E-state index >= 15 is 0 Å². The molecule has 3 amide bonds. The number of nitrogens with zero attached hydrogens (tertiary/aromatic N) is 4. The standard InChI is InChI=1S/C16H16N4O3/c21-14-11-3-1-2-4-12(11)15(22)20(14)10-8-19(9-10)16(23)13-7-17-5-6-18-13/h1-2,5-7,10-12H,3-4,8-9H2/t11-,12-/m1/s1. The highest BCUT2D eigenvalue weighted by Crippen LogP contribution is 2.37. The zero-order chi connectivity index (χ0) is 16.0. The van der Waals surface area contributed by atoms with E-state index in [-0.39, 0.29) is 41.3 Å². The van der Waals surface area contributed by atoms with Gasteiger partial charge in [0.15, 0.2) is 0 Å². The quantitative estimate of drug-likeness (QED) is 0.577. The van der Waals surface area contributed by atoms with Gasteiger partial charge in [-0.3, -0.25) is 24.3 Å². The van der Waals surface area contributed by atoms with Gasteiger partial charge in [-0.05, 0) is 12.8 Å². The Morgan fingerprint density at radius 3 is 2.26 bits per heavy atom. The minimum Gasteiger partial charge on any atom is -0.333 e. The Labute approximate surface area is 133 Å². The second-order valence-electron chi connectivity index (χ2n) is 6.16. The summed E-state index contributed by atoms with van der Waals surface area (Å²) in [6, 6.07) is -0.207. The van der Waals surface area contributed by atoms with Crippen LogP contribution in [-0.2, 0) is 9.59 Å². The van der Waals surface area contributed by atoms with Gasteiger partial charge in [0.05, 0.1) is 24.1 Å². The van der Waals surface area contributed by atoms with Crippen LogP contribution in [0.2, 0.25) is 0 Å². The molecule has 0 N–H and O–H groups in total. The average molecular weight is 312 g/mol. The third kappa shape index (κ3) is 2.15. The fourth-order valence-corrected chi connectivity index (χ4v) is 3.54. The molecule has 1 aromatic rings.